The molecule has 11 heteroatoms. The minimum Gasteiger partial charge on any atom is -0.495 e. The van der Waals surface area contributed by atoms with Crippen LogP contribution in [0.25, 0.3) is 10.9 Å². The molecule has 4 aliphatic rings. The lowest BCUT2D eigenvalue weighted by molar-refractivity contribution is -0.189. The van der Waals surface area contributed by atoms with Gasteiger partial charge in [-0.3, -0.25) is 9.69 Å². The number of aromatic nitrogens is 1. The number of amides is 1. The van der Waals surface area contributed by atoms with Crippen LogP contribution in [0.5, 0.6) is 5.75 Å². The molecule has 3 aromatic rings. The molecule has 0 radical (unpaired) electrons. The number of nitrogens with zero attached hydrogens (tertiary/aromatic N) is 2. The second-order valence-corrected chi connectivity index (χ2v) is 11.8. The van der Waals surface area contributed by atoms with Gasteiger partial charge in [0.05, 0.1) is 42.8 Å². The van der Waals surface area contributed by atoms with Gasteiger partial charge < -0.3 is 30.0 Å². The van der Waals surface area contributed by atoms with E-state index in [-0.39, 0.29) is 18.5 Å². The fraction of sp³-hybridized carbons (Fsp3) is 0.485. The Morgan fingerprint density at radius 3 is 2.50 bits per heavy atom. The Labute approximate surface area is 255 Å². The summed E-state index contributed by atoms with van der Waals surface area (Å²) in [4.78, 5) is 14.5. The van der Waals surface area contributed by atoms with E-state index in [4.69, 9.17) is 9.47 Å². The fourth-order valence-corrected chi connectivity index (χ4v) is 6.75. The summed E-state index contributed by atoms with van der Waals surface area (Å²) < 4.78 is 53.5. The lowest BCUT2D eigenvalue weighted by Crippen LogP contribution is -2.60. The number of nitrogens with one attached hydrogen (secondary N) is 3. The fourth-order valence-electron chi connectivity index (χ4n) is 6.75. The Morgan fingerprint density at radius 2 is 1.82 bits per heavy atom. The van der Waals surface area contributed by atoms with Gasteiger partial charge in [-0.15, -0.1) is 0 Å². The molecule has 0 spiro atoms. The maximum Gasteiger partial charge on any atom is 0.406 e. The topological polar surface area (TPSA) is 79.8 Å². The normalized spacial score (nSPS) is 23.3. The first-order chi connectivity index (χ1) is 21.2. The Balaban J connectivity index is 1.16. The molecule has 4 fully saturated rings. The summed E-state index contributed by atoms with van der Waals surface area (Å²) in [6, 6.07) is 13.0. The zero-order valence-corrected chi connectivity index (χ0v) is 25.0. The van der Waals surface area contributed by atoms with Gasteiger partial charge in [0.2, 0.25) is 0 Å². The van der Waals surface area contributed by atoms with Crippen LogP contribution in [0.4, 0.5) is 24.5 Å². The average Bonchev–Trinajstić information content (AvgIpc) is 3.35. The van der Waals surface area contributed by atoms with E-state index in [2.05, 4.69) is 32.7 Å². The van der Waals surface area contributed by atoms with Crippen LogP contribution in [-0.4, -0.2) is 79.6 Å². The third-order valence-corrected chi connectivity index (χ3v) is 8.92. The molecule has 1 saturated carbocycles. The van der Waals surface area contributed by atoms with Gasteiger partial charge in [0, 0.05) is 55.3 Å². The van der Waals surface area contributed by atoms with E-state index in [0.29, 0.717) is 46.5 Å². The highest BCUT2D eigenvalue weighted by molar-refractivity contribution is 5.95. The van der Waals surface area contributed by atoms with Crippen molar-refractivity contribution in [2.45, 2.75) is 69.1 Å². The van der Waals surface area contributed by atoms with Gasteiger partial charge in [0.15, 0.2) is 0 Å². The number of halogens is 3. The number of anilines is 2. The molecule has 1 unspecified atom stereocenters. The zero-order chi connectivity index (χ0) is 30.8. The number of hydrogen-bond acceptors (Lipinski definition) is 6. The lowest BCUT2D eigenvalue weighted by Gasteiger charge is -2.50. The quantitative estimate of drug-likeness (QED) is 0.304. The number of methoxy groups -OCH3 is 1. The predicted molar refractivity (Wildman–Crippen MR) is 164 cm³/mol. The molecule has 2 aromatic carbocycles. The van der Waals surface area contributed by atoms with Crippen LogP contribution in [0, 0.1) is 11.8 Å². The van der Waals surface area contributed by atoms with Gasteiger partial charge in [-0.2, -0.15) is 13.2 Å². The number of fused-ring (bicyclic) bond motifs is 3. The number of benzene rings is 2. The Bertz CT molecular complexity index is 1550. The number of rotatable bonds is 8. The molecule has 3 aliphatic heterocycles. The Hall–Kier alpha value is -3.88. The van der Waals surface area contributed by atoms with Crippen molar-refractivity contribution in [1.82, 2.24) is 14.8 Å². The third kappa shape index (κ3) is 6.61. The molecule has 234 valence electrons. The molecule has 1 aromatic heterocycles. The van der Waals surface area contributed by atoms with Crippen molar-refractivity contribution in [3.63, 3.8) is 0 Å². The van der Waals surface area contributed by atoms with Crippen LogP contribution in [0.15, 0.2) is 42.5 Å². The Morgan fingerprint density at radius 1 is 1.07 bits per heavy atom. The number of ether oxygens (including phenoxy) is 2. The van der Waals surface area contributed by atoms with E-state index in [1.54, 1.807) is 43.4 Å². The second-order valence-electron chi connectivity index (χ2n) is 11.8. The minimum atomic E-state index is -4.40. The maximum atomic E-state index is 13.7. The standard InChI is InChI=1S/C33H38F3N5O3/c1-37-32(42)21-8-13-29(31(15-21)43-2)38-14-4-5-24-16-27-28(6-3-7-30(27)41(24)20-33(34,35)36)39-22-9-11-23(12-10-22)40-18-25-17-26(19-40)44-25/h3,6-8,13,15-16,22-23,25-26,38-39H,9-12,14,17-20H2,1-2H3,(H,37,42)/t22?,23?,25-,26?/m0/s1. The van der Waals surface area contributed by atoms with Crippen LogP contribution in [-0.2, 0) is 11.3 Å². The van der Waals surface area contributed by atoms with Crippen LogP contribution >= 0.6 is 0 Å². The highest BCUT2D eigenvalue weighted by Gasteiger charge is 2.41. The van der Waals surface area contributed by atoms with E-state index in [0.717, 1.165) is 49.8 Å². The number of carbonyl (C=O) groups excluding carboxylic acids is 1. The minimum absolute atomic E-state index is 0.169. The summed E-state index contributed by atoms with van der Waals surface area (Å²) in [5.41, 5.74) is 2.70. The molecule has 44 heavy (non-hydrogen) atoms. The molecule has 1 amide bonds. The van der Waals surface area contributed by atoms with E-state index < -0.39 is 12.7 Å². The van der Waals surface area contributed by atoms with Crippen molar-refractivity contribution in [1.29, 1.82) is 0 Å². The molecular formula is C33H38F3N5O3. The van der Waals surface area contributed by atoms with E-state index in [1.165, 1.54) is 18.1 Å². The smallest absolute Gasteiger partial charge is 0.406 e. The van der Waals surface area contributed by atoms with E-state index >= 15 is 0 Å². The first kappa shape index (κ1) is 30.2. The monoisotopic (exact) mass is 609 g/mol. The largest absolute Gasteiger partial charge is 0.495 e. The number of alkyl halides is 3. The first-order valence-electron chi connectivity index (χ1n) is 15.2. The third-order valence-electron chi connectivity index (χ3n) is 8.92. The van der Waals surface area contributed by atoms with Gasteiger partial charge in [-0.1, -0.05) is 12.0 Å². The molecule has 1 aliphatic carbocycles. The highest BCUT2D eigenvalue weighted by Crippen LogP contribution is 2.35. The van der Waals surface area contributed by atoms with E-state index in [1.807, 2.05) is 6.07 Å². The van der Waals surface area contributed by atoms with Crippen LogP contribution in [0.1, 0.15) is 48.2 Å². The Kier molecular flexibility index (Phi) is 8.65. The van der Waals surface area contributed by atoms with E-state index in [9.17, 15) is 18.0 Å². The number of hydrogen-bond donors (Lipinski definition) is 3. The van der Waals surface area contributed by atoms with Crippen molar-refractivity contribution >= 4 is 28.2 Å². The SMILES string of the molecule is CNC(=O)c1ccc(NCC#Cc2cc3c(NC4CCC(N5CC6C[C@@H](C5)O6)CC4)cccc3n2CC(F)(F)F)c(OC)c1. The number of morpholine rings is 1. The van der Waals surface area contributed by atoms with Gasteiger partial charge in [0.25, 0.3) is 5.91 Å². The van der Waals surface area contributed by atoms with Crippen molar-refractivity contribution in [3.05, 3.63) is 53.7 Å². The summed E-state index contributed by atoms with van der Waals surface area (Å²) >= 11 is 0. The molecule has 3 N–H and O–H groups in total. The summed E-state index contributed by atoms with van der Waals surface area (Å²) in [6.45, 7) is 1.10. The average molecular weight is 610 g/mol. The van der Waals surface area contributed by atoms with Crippen molar-refractivity contribution in [3.8, 4) is 17.6 Å². The summed E-state index contributed by atoms with van der Waals surface area (Å²) in [7, 11) is 3.05. The van der Waals surface area contributed by atoms with Crippen LogP contribution in [0.2, 0.25) is 0 Å². The molecular weight excluding hydrogens is 571 g/mol. The van der Waals surface area contributed by atoms with Crippen molar-refractivity contribution in [2.24, 2.45) is 0 Å². The predicted octanol–water partition coefficient (Wildman–Crippen LogP) is 5.23. The van der Waals surface area contributed by atoms with Gasteiger partial charge >= 0.3 is 6.18 Å². The number of carbonyl (C=O) groups is 1. The molecule has 7 rings (SSSR count). The highest BCUT2D eigenvalue weighted by atomic mass is 19.4. The molecule has 4 heterocycles. The van der Waals surface area contributed by atoms with Crippen molar-refractivity contribution in [2.75, 3.05) is 44.4 Å². The molecule has 8 nitrogen and oxygen atoms in total. The van der Waals surface area contributed by atoms with Crippen molar-refractivity contribution < 1.29 is 27.4 Å². The van der Waals surface area contributed by atoms with Gasteiger partial charge in [-0.05, 0) is 68.0 Å². The van der Waals surface area contributed by atoms with Crippen LogP contribution in [0.3, 0.4) is 0 Å². The van der Waals surface area contributed by atoms with Crippen LogP contribution < -0.4 is 20.7 Å². The maximum absolute atomic E-state index is 13.7. The lowest BCUT2D eigenvalue weighted by atomic mass is 9.87. The zero-order valence-electron chi connectivity index (χ0n) is 25.0. The summed E-state index contributed by atoms with van der Waals surface area (Å²) in [5.74, 6) is 6.14. The summed E-state index contributed by atoms with van der Waals surface area (Å²) in [6.07, 6.45) is 1.84. The second kappa shape index (κ2) is 12.6. The molecule has 3 saturated heterocycles. The molecule has 2 bridgehead atoms. The molecule has 2 atom stereocenters. The van der Waals surface area contributed by atoms with Gasteiger partial charge in [-0.25, -0.2) is 0 Å². The summed E-state index contributed by atoms with van der Waals surface area (Å²) in [5, 5.41) is 10.1. The van der Waals surface area contributed by atoms with Gasteiger partial charge in [0.1, 0.15) is 12.3 Å². The first-order valence-corrected chi connectivity index (χ1v) is 15.2. The number of piperidine rings is 1.